The molecule has 0 heterocycles. The van der Waals surface area contributed by atoms with E-state index in [1.807, 2.05) is 0 Å². The number of hydrogen-bond acceptors (Lipinski definition) is 2. The second kappa shape index (κ2) is 6.47. The van der Waals surface area contributed by atoms with Crippen molar-refractivity contribution in [3.05, 3.63) is 0 Å². The monoisotopic (exact) mass is 290 g/mol. The summed E-state index contributed by atoms with van der Waals surface area (Å²) in [5, 5.41) is 15.4. The Kier molecular flexibility index (Phi) is 6.42. The van der Waals surface area contributed by atoms with Crippen molar-refractivity contribution >= 4 is 20.8 Å². The van der Waals surface area contributed by atoms with Crippen LogP contribution < -0.4 is 0 Å². The fraction of sp³-hybridized carbons (Fsp3) is 0.818. The maximum absolute atomic E-state index is 8.68. The van der Waals surface area contributed by atoms with Crippen molar-refractivity contribution in [3.8, 4) is 12.1 Å². The summed E-state index contributed by atoms with van der Waals surface area (Å²) < 4.78 is 0. The molecule has 0 aliphatic rings. The van der Waals surface area contributed by atoms with Gasteiger partial charge in [-0.2, -0.15) is 0 Å². The summed E-state index contributed by atoms with van der Waals surface area (Å²) in [6.07, 6.45) is 6.63. The molecule has 0 aromatic heterocycles. The zero-order valence-electron chi connectivity index (χ0n) is 9.67. The molecule has 0 bridgehead atoms. The summed E-state index contributed by atoms with van der Waals surface area (Å²) in [6.45, 7) is 4.45. The zero-order valence-corrected chi connectivity index (χ0v) is 12.1. The van der Waals surface area contributed by atoms with Crippen molar-refractivity contribution in [1.82, 2.24) is 0 Å². The average molecular weight is 291 g/mol. The van der Waals surface area contributed by atoms with Crippen molar-refractivity contribution in [2.45, 2.75) is 32.6 Å². The molecule has 4 heteroatoms. The molecule has 0 aliphatic heterocycles. The summed E-state index contributed by atoms with van der Waals surface area (Å²) >= 11 is 3.92. The minimum absolute atomic E-state index is 0.606. The number of nitrogens with zero attached hydrogens (tertiary/aromatic N) is 2. The van der Waals surface area contributed by atoms with Crippen LogP contribution in [0.1, 0.15) is 32.6 Å². The summed E-state index contributed by atoms with van der Waals surface area (Å²) in [4.78, 5) is 0. The van der Waals surface area contributed by atoms with Gasteiger partial charge in [0.25, 0.3) is 0 Å². The number of rotatable bonds is 7. The summed E-state index contributed by atoms with van der Waals surface area (Å²) in [5.41, 5.74) is 0. The van der Waals surface area contributed by atoms with Crippen LogP contribution in [0.15, 0.2) is 0 Å². The van der Waals surface area contributed by atoms with E-state index < -0.39 is 5.31 Å². The van der Waals surface area contributed by atoms with Gasteiger partial charge in [-0.05, 0) is 0 Å². The van der Waals surface area contributed by atoms with Crippen molar-refractivity contribution < 1.29 is 0 Å². The van der Waals surface area contributed by atoms with Gasteiger partial charge >= 0.3 is 101 Å². The molecule has 0 rings (SSSR count). The predicted molar refractivity (Wildman–Crippen MR) is 71.7 cm³/mol. The first-order valence-electron chi connectivity index (χ1n) is 5.43. The van der Waals surface area contributed by atoms with E-state index >= 15 is 0 Å². The molecule has 0 aliphatic carbocycles. The number of halogens is 1. The van der Waals surface area contributed by atoms with Gasteiger partial charge < -0.3 is 0 Å². The third kappa shape index (κ3) is 6.14. The fourth-order valence-corrected chi connectivity index (χ4v) is 6.79. The number of nitriles is 2. The Balaban J connectivity index is 4.50. The third-order valence-electron chi connectivity index (χ3n) is 2.83. The zero-order chi connectivity index (χ0) is 11.8. The molecule has 0 unspecified atom stereocenters. The molecule has 0 aromatic rings. The fourth-order valence-electron chi connectivity index (χ4n) is 1.66. The normalized spacial score (nSPS) is 13.5. The second-order valence-electron chi connectivity index (χ2n) is 4.49. The Bertz CT molecular complexity index is 253. The van der Waals surface area contributed by atoms with Gasteiger partial charge in [0.05, 0.1) is 0 Å². The van der Waals surface area contributed by atoms with Crippen LogP contribution in [-0.4, -0.2) is 25.2 Å². The standard InChI is InChI=1S/C11H20BrN2P/c1-3-4-9-15(2,12,10-5-7-13)11-6-8-14/h3-6,9-11H2,1-2H3. The van der Waals surface area contributed by atoms with Crippen molar-refractivity contribution in [3.63, 3.8) is 0 Å². The van der Waals surface area contributed by atoms with E-state index in [-0.39, 0.29) is 0 Å². The van der Waals surface area contributed by atoms with Crippen LogP contribution in [-0.2, 0) is 0 Å². The summed E-state index contributed by atoms with van der Waals surface area (Å²) in [5.74, 6) is 0. The number of unbranched alkanes of at least 4 members (excludes halogenated alkanes) is 1. The van der Waals surface area contributed by atoms with Crippen molar-refractivity contribution in [2.24, 2.45) is 0 Å². The molecule has 0 fully saturated rings. The van der Waals surface area contributed by atoms with Crippen molar-refractivity contribution in [2.75, 3.05) is 25.2 Å². The average Bonchev–Trinajstić information content (AvgIpc) is 2.22. The van der Waals surface area contributed by atoms with E-state index in [0.717, 1.165) is 18.5 Å². The molecule has 2 nitrogen and oxygen atoms in total. The number of hydrogen-bond donors (Lipinski definition) is 0. The molecule has 86 valence electrons. The van der Waals surface area contributed by atoms with Gasteiger partial charge in [0.2, 0.25) is 0 Å². The minimum atomic E-state index is -1.92. The molecule has 0 N–H and O–H groups in total. The van der Waals surface area contributed by atoms with Crippen LogP contribution in [0.5, 0.6) is 0 Å². The Hall–Kier alpha value is -0.110. The SMILES string of the molecule is CCCCP(C)(Br)(CCC#N)CCC#N. The van der Waals surface area contributed by atoms with Crippen LogP contribution in [0.2, 0.25) is 0 Å². The maximum atomic E-state index is 8.68. The van der Waals surface area contributed by atoms with Gasteiger partial charge in [-0.15, -0.1) is 0 Å². The third-order valence-corrected chi connectivity index (χ3v) is 10.5. The molecular formula is C11H20BrN2P. The predicted octanol–water partition coefficient (Wildman–Crippen LogP) is 4.11. The molecule has 0 radical (unpaired) electrons. The molecule has 0 amide bonds. The van der Waals surface area contributed by atoms with Crippen LogP contribution in [0, 0.1) is 22.7 Å². The van der Waals surface area contributed by atoms with Crippen LogP contribution in [0.25, 0.3) is 0 Å². The van der Waals surface area contributed by atoms with Gasteiger partial charge in [-0.25, -0.2) is 0 Å². The quantitative estimate of drug-likeness (QED) is 0.663. The van der Waals surface area contributed by atoms with Gasteiger partial charge in [0, 0.05) is 0 Å². The van der Waals surface area contributed by atoms with E-state index in [9.17, 15) is 0 Å². The molecule has 0 spiro atoms. The van der Waals surface area contributed by atoms with Crippen LogP contribution in [0.4, 0.5) is 0 Å². The van der Waals surface area contributed by atoms with E-state index in [1.165, 1.54) is 12.8 Å². The van der Waals surface area contributed by atoms with Gasteiger partial charge in [0.1, 0.15) is 0 Å². The van der Waals surface area contributed by atoms with Gasteiger partial charge in [-0.3, -0.25) is 0 Å². The first-order valence-corrected chi connectivity index (χ1v) is 10.7. The first kappa shape index (κ1) is 14.9. The topological polar surface area (TPSA) is 47.6 Å². The van der Waals surface area contributed by atoms with Crippen molar-refractivity contribution in [1.29, 1.82) is 10.5 Å². The van der Waals surface area contributed by atoms with Gasteiger partial charge in [0.15, 0.2) is 0 Å². The second-order valence-corrected chi connectivity index (χ2v) is 16.8. The Morgan fingerprint density at radius 3 is 1.87 bits per heavy atom. The van der Waals surface area contributed by atoms with E-state index in [4.69, 9.17) is 10.5 Å². The Morgan fingerprint density at radius 2 is 1.53 bits per heavy atom. The Morgan fingerprint density at radius 1 is 1.07 bits per heavy atom. The van der Waals surface area contributed by atoms with Crippen LogP contribution >= 0.6 is 20.8 Å². The summed E-state index contributed by atoms with van der Waals surface area (Å²) in [7, 11) is 0. The Labute approximate surface area is 101 Å². The van der Waals surface area contributed by atoms with Gasteiger partial charge in [-0.1, -0.05) is 0 Å². The van der Waals surface area contributed by atoms with E-state index in [1.54, 1.807) is 0 Å². The molecule has 0 aromatic carbocycles. The van der Waals surface area contributed by atoms with E-state index in [2.05, 4.69) is 41.2 Å². The molecular weight excluding hydrogens is 271 g/mol. The molecule has 0 saturated carbocycles. The molecule has 15 heavy (non-hydrogen) atoms. The molecule has 0 saturated heterocycles. The molecule has 0 atom stereocenters. The van der Waals surface area contributed by atoms with E-state index in [0.29, 0.717) is 12.8 Å². The first-order chi connectivity index (χ1) is 6.96. The van der Waals surface area contributed by atoms with Crippen LogP contribution in [0.3, 0.4) is 0 Å². The summed E-state index contributed by atoms with van der Waals surface area (Å²) in [6, 6.07) is 4.44.